The Kier molecular flexibility index (Phi) is 5.17. The second-order valence-corrected chi connectivity index (χ2v) is 7.25. The number of anilines is 1. The summed E-state index contributed by atoms with van der Waals surface area (Å²) in [6.07, 6.45) is 3.39. The molecule has 0 bridgehead atoms. The zero-order valence-electron chi connectivity index (χ0n) is 15.6. The Morgan fingerprint density at radius 1 is 1.11 bits per heavy atom. The first kappa shape index (κ1) is 18.3. The van der Waals surface area contributed by atoms with Gasteiger partial charge in [-0.15, -0.1) is 0 Å². The minimum Gasteiger partial charge on any atom is -0.361 e. The fraction of sp³-hybridized carbons (Fsp3) is 0.182. The summed E-state index contributed by atoms with van der Waals surface area (Å²) in [7, 11) is 0. The van der Waals surface area contributed by atoms with Crippen molar-refractivity contribution in [1.29, 1.82) is 0 Å². The molecule has 0 spiro atoms. The number of para-hydroxylation sites is 1. The molecule has 3 N–H and O–H groups in total. The third-order valence-corrected chi connectivity index (χ3v) is 5.13. The third kappa shape index (κ3) is 3.94. The number of nitrogens with one attached hydrogen (secondary N) is 3. The van der Waals surface area contributed by atoms with Gasteiger partial charge in [0.2, 0.25) is 5.95 Å². The van der Waals surface area contributed by atoms with E-state index in [1.54, 1.807) is 0 Å². The highest BCUT2D eigenvalue weighted by atomic mass is 35.5. The highest BCUT2D eigenvalue weighted by molar-refractivity contribution is 6.30. The fourth-order valence-electron chi connectivity index (χ4n) is 3.36. The van der Waals surface area contributed by atoms with Gasteiger partial charge in [0.25, 0.3) is 5.56 Å². The molecule has 0 radical (unpaired) electrons. The van der Waals surface area contributed by atoms with Crippen molar-refractivity contribution < 1.29 is 0 Å². The number of fused-ring (bicyclic) bond motifs is 1. The molecule has 2 aromatic heterocycles. The summed E-state index contributed by atoms with van der Waals surface area (Å²) >= 11 is 5.93. The Labute approximate surface area is 167 Å². The molecule has 0 unspecified atom stereocenters. The minimum atomic E-state index is -0.114. The van der Waals surface area contributed by atoms with Gasteiger partial charge in [-0.25, -0.2) is 4.98 Å². The smallest absolute Gasteiger partial charge is 0.256 e. The quantitative estimate of drug-likeness (QED) is 0.453. The lowest BCUT2D eigenvalue weighted by molar-refractivity contribution is 0.940. The van der Waals surface area contributed by atoms with Gasteiger partial charge in [0.15, 0.2) is 0 Å². The van der Waals surface area contributed by atoms with Crippen molar-refractivity contribution in [2.75, 3.05) is 11.9 Å². The first-order valence-electron chi connectivity index (χ1n) is 9.23. The van der Waals surface area contributed by atoms with E-state index in [9.17, 15) is 4.79 Å². The second kappa shape index (κ2) is 7.90. The molecule has 4 aromatic rings. The van der Waals surface area contributed by atoms with Crippen LogP contribution >= 0.6 is 11.6 Å². The maximum atomic E-state index is 12.5. The molecule has 28 heavy (non-hydrogen) atoms. The Morgan fingerprint density at radius 2 is 1.89 bits per heavy atom. The van der Waals surface area contributed by atoms with E-state index < -0.39 is 0 Å². The topological polar surface area (TPSA) is 73.6 Å². The van der Waals surface area contributed by atoms with Crippen molar-refractivity contribution in [3.05, 3.63) is 92.5 Å². The van der Waals surface area contributed by atoms with Crippen molar-refractivity contribution in [2.24, 2.45) is 0 Å². The number of rotatable bonds is 6. The van der Waals surface area contributed by atoms with Crippen molar-refractivity contribution in [3.63, 3.8) is 0 Å². The van der Waals surface area contributed by atoms with Gasteiger partial charge < -0.3 is 10.3 Å². The first-order chi connectivity index (χ1) is 13.6. The number of aryl methyl sites for hydroxylation is 1. The Hall–Kier alpha value is -3.05. The molecule has 0 aliphatic carbocycles. The molecule has 0 atom stereocenters. The summed E-state index contributed by atoms with van der Waals surface area (Å²) in [6.45, 7) is 2.55. The normalized spacial score (nSPS) is 11.1. The molecule has 0 saturated carbocycles. The number of aromatic amines is 2. The fourth-order valence-corrected chi connectivity index (χ4v) is 3.49. The van der Waals surface area contributed by atoms with Crippen LogP contribution in [0.2, 0.25) is 5.02 Å². The van der Waals surface area contributed by atoms with Crippen molar-refractivity contribution in [2.45, 2.75) is 19.8 Å². The lowest BCUT2D eigenvalue weighted by Gasteiger charge is -2.09. The van der Waals surface area contributed by atoms with Crippen molar-refractivity contribution in [1.82, 2.24) is 15.0 Å². The number of benzene rings is 2. The number of halogens is 1. The Morgan fingerprint density at radius 3 is 2.68 bits per heavy atom. The van der Waals surface area contributed by atoms with Crippen LogP contribution in [0.3, 0.4) is 0 Å². The predicted molar refractivity (Wildman–Crippen MR) is 114 cm³/mol. The molecule has 0 saturated heterocycles. The summed E-state index contributed by atoms with van der Waals surface area (Å²) < 4.78 is 0. The van der Waals surface area contributed by atoms with E-state index in [-0.39, 0.29) is 5.56 Å². The average Bonchev–Trinajstić information content (AvgIpc) is 3.09. The van der Waals surface area contributed by atoms with Gasteiger partial charge in [-0.05, 0) is 42.7 Å². The SMILES string of the molecule is Cc1nc(NCCc2c[nH]c3ccccc23)[nH]c(=O)c1Cc1ccc(Cl)cc1. The highest BCUT2D eigenvalue weighted by Crippen LogP contribution is 2.18. The molecule has 0 amide bonds. The van der Waals surface area contributed by atoms with E-state index in [2.05, 4.69) is 32.4 Å². The van der Waals surface area contributed by atoms with Crippen LogP contribution in [-0.4, -0.2) is 21.5 Å². The lowest BCUT2D eigenvalue weighted by atomic mass is 10.1. The van der Waals surface area contributed by atoms with E-state index in [1.165, 1.54) is 10.9 Å². The third-order valence-electron chi connectivity index (χ3n) is 4.88. The lowest BCUT2D eigenvalue weighted by Crippen LogP contribution is -2.20. The number of aromatic nitrogens is 3. The summed E-state index contributed by atoms with van der Waals surface area (Å²) in [4.78, 5) is 23.2. The van der Waals surface area contributed by atoms with Crippen molar-refractivity contribution in [3.8, 4) is 0 Å². The minimum absolute atomic E-state index is 0.114. The van der Waals surface area contributed by atoms with E-state index in [1.807, 2.05) is 49.5 Å². The van der Waals surface area contributed by atoms with Crippen LogP contribution in [0.4, 0.5) is 5.95 Å². The maximum Gasteiger partial charge on any atom is 0.256 e. The van der Waals surface area contributed by atoms with Crippen molar-refractivity contribution >= 4 is 28.5 Å². The largest absolute Gasteiger partial charge is 0.361 e. The number of hydrogen-bond donors (Lipinski definition) is 3. The van der Waals surface area contributed by atoms with Crippen LogP contribution in [0.5, 0.6) is 0 Å². The van der Waals surface area contributed by atoms with Gasteiger partial charge in [0.05, 0.1) is 5.69 Å². The summed E-state index contributed by atoms with van der Waals surface area (Å²) in [5.41, 5.74) is 4.68. The van der Waals surface area contributed by atoms with E-state index in [0.29, 0.717) is 29.5 Å². The zero-order valence-corrected chi connectivity index (χ0v) is 16.3. The van der Waals surface area contributed by atoms with Gasteiger partial charge in [0, 0.05) is 40.7 Å². The van der Waals surface area contributed by atoms with Gasteiger partial charge >= 0.3 is 0 Å². The molecule has 6 heteroatoms. The molecule has 2 aromatic carbocycles. The highest BCUT2D eigenvalue weighted by Gasteiger charge is 2.10. The van der Waals surface area contributed by atoms with Crippen LogP contribution in [0.1, 0.15) is 22.4 Å². The average molecular weight is 393 g/mol. The zero-order chi connectivity index (χ0) is 19.5. The van der Waals surface area contributed by atoms with Gasteiger partial charge in [0.1, 0.15) is 0 Å². The monoisotopic (exact) mass is 392 g/mol. The van der Waals surface area contributed by atoms with Gasteiger partial charge in [-0.3, -0.25) is 9.78 Å². The van der Waals surface area contributed by atoms with Crippen LogP contribution in [0, 0.1) is 6.92 Å². The van der Waals surface area contributed by atoms with Gasteiger partial charge in [-0.1, -0.05) is 41.9 Å². The van der Waals surface area contributed by atoms with Gasteiger partial charge in [-0.2, -0.15) is 0 Å². The van der Waals surface area contributed by atoms with Crippen LogP contribution in [-0.2, 0) is 12.8 Å². The maximum absolute atomic E-state index is 12.5. The standard InChI is InChI=1S/C22H21ClN4O/c1-14-19(12-15-6-8-17(23)9-7-15)21(28)27-22(26-14)24-11-10-16-13-25-20-5-3-2-4-18(16)20/h2-9,13,25H,10-12H2,1H3,(H2,24,26,27,28). The molecule has 0 aliphatic heterocycles. The number of H-pyrrole nitrogens is 2. The number of nitrogens with zero attached hydrogens (tertiary/aromatic N) is 1. The molecule has 4 rings (SSSR count). The van der Waals surface area contributed by atoms with E-state index in [0.717, 1.165) is 23.2 Å². The molecule has 0 aliphatic rings. The molecule has 142 valence electrons. The first-order valence-corrected chi connectivity index (χ1v) is 9.61. The predicted octanol–water partition coefficient (Wildman–Crippen LogP) is 4.46. The van der Waals surface area contributed by atoms with Crippen LogP contribution in [0.25, 0.3) is 10.9 Å². The summed E-state index contributed by atoms with van der Waals surface area (Å²) in [5.74, 6) is 0.502. The number of hydrogen-bond acceptors (Lipinski definition) is 3. The Bertz CT molecular complexity index is 1160. The molecule has 2 heterocycles. The summed E-state index contributed by atoms with van der Waals surface area (Å²) in [5, 5.41) is 5.13. The molecule has 5 nitrogen and oxygen atoms in total. The van der Waals surface area contributed by atoms with E-state index in [4.69, 9.17) is 11.6 Å². The van der Waals surface area contributed by atoms with E-state index >= 15 is 0 Å². The molecular weight excluding hydrogens is 372 g/mol. The van der Waals surface area contributed by atoms with Crippen LogP contribution in [0.15, 0.2) is 59.5 Å². The summed E-state index contributed by atoms with van der Waals surface area (Å²) in [6, 6.07) is 15.7. The second-order valence-electron chi connectivity index (χ2n) is 6.82. The molecule has 0 fully saturated rings. The molecular formula is C22H21ClN4O. The van der Waals surface area contributed by atoms with Crippen LogP contribution < -0.4 is 10.9 Å². The Balaban J connectivity index is 1.44.